The highest BCUT2D eigenvalue weighted by molar-refractivity contribution is 5.11. The van der Waals surface area contributed by atoms with Crippen molar-refractivity contribution in [2.24, 2.45) is 29.4 Å². The van der Waals surface area contributed by atoms with Gasteiger partial charge in [-0.15, -0.1) is 0 Å². The molecule has 0 heterocycles. The van der Waals surface area contributed by atoms with Gasteiger partial charge in [-0.1, -0.05) is 60.3 Å². The molecule has 0 spiro atoms. The Labute approximate surface area is 109 Å². The van der Waals surface area contributed by atoms with E-state index in [2.05, 4.69) is 34.6 Å². The van der Waals surface area contributed by atoms with Crippen LogP contribution in [0.4, 0.5) is 0 Å². The predicted octanol–water partition coefficient (Wildman–Crippen LogP) is 4.60. The summed E-state index contributed by atoms with van der Waals surface area (Å²) in [5.74, 6) is 3.17. The molecule has 1 aliphatic rings. The molecule has 102 valence electrons. The normalized spacial score (nSPS) is 33.2. The number of hydrogen-bond donors (Lipinski definition) is 1. The zero-order valence-corrected chi connectivity index (χ0v) is 12.6. The van der Waals surface area contributed by atoms with Gasteiger partial charge < -0.3 is 5.73 Å². The maximum atomic E-state index is 6.64. The molecule has 1 nitrogen and oxygen atoms in total. The van der Waals surface area contributed by atoms with Crippen LogP contribution in [0.15, 0.2) is 0 Å². The van der Waals surface area contributed by atoms with Crippen molar-refractivity contribution in [1.82, 2.24) is 0 Å². The Morgan fingerprint density at radius 2 is 1.82 bits per heavy atom. The molecule has 1 aliphatic carbocycles. The number of hydrogen-bond acceptors (Lipinski definition) is 1. The minimum atomic E-state index is 0.180. The Kier molecular flexibility index (Phi) is 5.50. The SMILES string of the molecule is CCCC(C(C)CC)C(C)C1(N)CC1CCC. The molecule has 0 bridgehead atoms. The molecule has 1 rings (SSSR count). The molecule has 2 N–H and O–H groups in total. The Hall–Kier alpha value is -0.0400. The molecule has 0 aliphatic heterocycles. The van der Waals surface area contributed by atoms with Gasteiger partial charge in [0, 0.05) is 5.54 Å². The highest BCUT2D eigenvalue weighted by atomic mass is 14.9. The molecule has 5 unspecified atom stereocenters. The minimum absolute atomic E-state index is 0.180. The summed E-state index contributed by atoms with van der Waals surface area (Å²) < 4.78 is 0. The Morgan fingerprint density at radius 1 is 1.18 bits per heavy atom. The molecule has 1 heteroatoms. The fourth-order valence-electron chi connectivity index (χ4n) is 3.71. The summed E-state index contributed by atoms with van der Waals surface area (Å²) in [4.78, 5) is 0. The van der Waals surface area contributed by atoms with Crippen LogP contribution >= 0.6 is 0 Å². The first-order valence-corrected chi connectivity index (χ1v) is 7.80. The molecule has 17 heavy (non-hydrogen) atoms. The fourth-order valence-corrected chi connectivity index (χ4v) is 3.71. The lowest BCUT2D eigenvalue weighted by atomic mass is 9.74. The van der Waals surface area contributed by atoms with E-state index >= 15 is 0 Å². The van der Waals surface area contributed by atoms with Crippen molar-refractivity contribution in [3.8, 4) is 0 Å². The summed E-state index contributed by atoms with van der Waals surface area (Å²) in [6.45, 7) is 11.7. The number of nitrogens with two attached hydrogens (primary N) is 1. The quantitative estimate of drug-likeness (QED) is 0.658. The third-order valence-electron chi connectivity index (χ3n) is 5.32. The first kappa shape index (κ1) is 15.0. The van der Waals surface area contributed by atoms with Crippen molar-refractivity contribution in [3.05, 3.63) is 0 Å². The highest BCUT2D eigenvalue weighted by Crippen LogP contribution is 2.53. The highest BCUT2D eigenvalue weighted by Gasteiger charge is 2.55. The predicted molar refractivity (Wildman–Crippen MR) is 77.0 cm³/mol. The van der Waals surface area contributed by atoms with E-state index in [4.69, 9.17) is 5.73 Å². The first-order chi connectivity index (χ1) is 8.01. The van der Waals surface area contributed by atoms with E-state index in [9.17, 15) is 0 Å². The van der Waals surface area contributed by atoms with Crippen LogP contribution < -0.4 is 5.73 Å². The maximum absolute atomic E-state index is 6.64. The first-order valence-electron chi connectivity index (χ1n) is 7.80. The zero-order valence-electron chi connectivity index (χ0n) is 12.6. The second kappa shape index (κ2) is 6.22. The lowest BCUT2D eigenvalue weighted by Crippen LogP contribution is -2.39. The largest absolute Gasteiger partial charge is 0.325 e. The summed E-state index contributed by atoms with van der Waals surface area (Å²) in [5.41, 5.74) is 6.82. The second-order valence-corrected chi connectivity index (χ2v) is 6.43. The minimum Gasteiger partial charge on any atom is -0.325 e. The van der Waals surface area contributed by atoms with Crippen LogP contribution in [0.1, 0.15) is 73.1 Å². The van der Waals surface area contributed by atoms with Crippen LogP contribution in [0.25, 0.3) is 0 Å². The van der Waals surface area contributed by atoms with Crippen LogP contribution in [0, 0.1) is 23.7 Å². The van der Waals surface area contributed by atoms with E-state index in [1.54, 1.807) is 0 Å². The van der Waals surface area contributed by atoms with Gasteiger partial charge >= 0.3 is 0 Å². The Morgan fingerprint density at radius 3 is 2.29 bits per heavy atom. The van der Waals surface area contributed by atoms with E-state index in [-0.39, 0.29) is 5.54 Å². The van der Waals surface area contributed by atoms with Gasteiger partial charge in [-0.2, -0.15) is 0 Å². The average Bonchev–Trinajstić information content (AvgIpc) is 2.97. The third kappa shape index (κ3) is 3.24. The van der Waals surface area contributed by atoms with Crippen molar-refractivity contribution in [2.75, 3.05) is 0 Å². The van der Waals surface area contributed by atoms with Gasteiger partial charge in [-0.3, -0.25) is 0 Å². The number of rotatable bonds is 8. The van der Waals surface area contributed by atoms with Crippen molar-refractivity contribution in [2.45, 2.75) is 78.7 Å². The van der Waals surface area contributed by atoms with E-state index < -0.39 is 0 Å². The standard InChI is InChI=1S/C16H33N/c1-6-9-14-11-16(14,17)13(5)15(10-7-2)12(4)8-3/h12-15H,6-11,17H2,1-5H3. The van der Waals surface area contributed by atoms with Gasteiger partial charge in [0.05, 0.1) is 0 Å². The van der Waals surface area contributed by atoms with Gasteiger partial charge in [-0.25, -0.2) is 0 Å². The van der Waals surface area contributed by atoms with Gasteiger partial charge in [0.25, 0.3) is 0 Å². The van der Waals surface area contributed by atoms with Gasteiger partial charge in [-0.05, 0) is 36.5 Å². The Bertz CT molecular complexity index is 226. The average molecular weight is 239 g/mol. The lowest BCUT2D eigenvalue weighted by Gasteiger charge is -2.34. The summed E-state index contributed by atoms with van der Waals surface area (Å²) in [5, 5.41) is 0. The van der Waals surface area contributed by atoms with Crippen LogP contribution in [-0.2, 0) is 0 Å². The molecule has 0 radical (unpaired) electrons. The van der Waals surface area contributed by atoms with Crippen molar-refractivity contribution >= 4 is 0 Å². The maximum Gasteiger partial charge on any atom is 0.0215 e. The summed E-state index contributed by atoms with van der Waals surface area (Å²) in [7, 11) is 0. The molecule has 1 saturated carbocycles. The zero-order chi connectivity index (χ0) is 13.1. The molecule has 0 saturated heterocycles. The summed E-state index contributed by atoms with van der Waals surface area (Å²) in [6.07, 6.45) is 7.85. The Balaban J connectivity index is 2.62. The summed E-state index contributed by atoms with van der Waals surface area (Å²) >= 11 is 0. The molecule has 1 fully saturated rings. The van der Waals surface area contributed by atoms with E-state index in [0.717, 1.165) is 17.8 Å². The molecule has 0 aromatic heterocycles. The fraction of sp³-hybridized carbons (Fsp3) is 1.00. The van der Waals surface area contributed by atoms with Crippen molar-refractivity contribution in [1.29, 1.82) is 0 Å². The van der Waals surface area contributed by atoms with Gasteiger partial charge in [0.1, 0.15) is 0 Å². The van der Waals surface area contributed by atoms with Crippen LogP contribution in [-0.4, -0.2) is 5.54 Å². The monoisotopic (exact) mass is 239 g/mol. The molecule has 0 amide bonds. The smallest absolute Gasteiger partial charge is 0.0215 e. The second-order valence-electron chi connectivity index (χ2n) is 6.43. The van der Waals surface area contributed by atoms with Crippen LogP contribution in [0.2, 0.25) is 0 Å². The van der Waals surface area contributed by atoms with Crippen molar-refractivity contribution in [3.63, 3.8) is 0 Å². The van der Waals surface area contributed by atoms with Crippen molar-refractivity contribution < 1.29 is 0 Å². The summed E-state index contributed by atoms with van der Waals surface area (Å²) in [6, 6.07) is 0. The molecular weight excluding hydrogens is 206 g/mol. The molecule has 0 aromatic rings. The topological polar surface area (TPSA) is 26.0 Å². The van der Waals surface area contributed by atoms with Gasteiger partial charge in [0.15, 0.2) is 0 Å². The van der Waals surface area contributed by atoms with E-state index in [1.807, 2.05) is 0 Å². The lowest BCUT2D eigenvalue weighted by molar-refractivity contribution is 0.185. The van der Waals surface area contributed by atoms with E-state index in [1.165, 1.54) is 38.5 Å². The molecule has 0 aromatic carbocycles. The molecular formula is C16H33N. The third-order valence-corrected chi connectivity index (χ3v) is 5.32. The van der Waals surface area contributed by atoms with E-state index in [0.29, 0.717) is 5.92 Å². The van der Waals surface area contributed by atoms with Crippen LogP contribution in [0.5, 0.6) is 0 Å². The molecule has 5 atom stereocenters. The van der Waals surface area contributed by atoms with Crippen LogP contribution in [0.3, 0.4) is 0 Å². The van der Waals surface area contributed by atoms with Gasteiger partial charge in [0.2, 0.25) is 0 Å².